The highest BCUT2D eigenvalue weighted by molar-refractivity contribution is 7.16. The van der Waals surface area contributed by atoms with Gasteiger partial charge in [0.15, 0.2) is 5.76 Å². The molecule has 5 rings (SSSR count). The van der Waals surface area contributed by atoms with E-state index in [4.69, 9.17) is 13.9 Å². The van der Waals surface area contributed by atoms with Crippen molar-refractivity contribution in [2.24, 2.45) is 0 Å². The largest absolute Gasteiger partial charge is 0.497 e. The molecule has 3 heterocycles. The number of rotatable bonds is 7. The molecule has 0 saturated carbocycles. The number of carbonyl (C=O) groups excluding carboxylic acids is 1. The van der Waals surface area contributed by atoms with E-state index in [-0.39, 0.29) is 11.9 Å². The van der Waals surface area contributed by atoms with Gasteiger partial charge in [-0.1, -0.05) is 6.42 Å². The summed E-state index contributed by atoms with van der Waals surface area (Å²) in [6.45, 7) is 2.03. The van der Waals surface area contributed by atoms with Crippen molar-refractivity contribution >= 4 is 22.2 Å². The summed E-state index contributed by atoms with van der Waals surface area (Å²) in [5.74, 6) is 1.77. The highest BCUT2D eigenvalue weighted by Crippen LogP contribution is 2.48. The molecule has 0 radical (unpaired) electrons. The fourth-order valence-corrected chi connectivity index (χ4v) is 6.63. The summed E-state index contributed by atoms with van der Waals surface area (Å²) in [6, 6.07) is 9.46. The lowest BCUT2D eigenvalue weighted by atomic mass is 9.87. The van der Waals surface area contributed by atoms with Crippen molar-refractivity contribution < 1.29 is 18.7 Å². The number of hydrogen-bond acceptors (Lipinski definition) is 6. The molecule has 1 amide bonds. The number of anilines is 1. The zero-order valence-electron chi connectivity index (χ0n) is 19.9. The molecule has 180 valence electrons. The summed E-state index contributed by atoms with van der Waals surface area (Å²) < 4.78 is 16.9. The Kier molecular flexibility index (Phi) is 6.92. The molecular weight excluding hydrogens is 448 g/mol. The van der Waals surface area contributed by atoms with Crippen LogP contribution in [0.25, 0.3) is 0 Å². The molecule has 1 aliphatic carbocycles. The maximum Gasteiger partial charge on any atom is 0.291 e. The predicted octanol–water partition coefficient (Wildman–Crippen LogP) is 6.06. The Balaban J connectivity index is 1.66. The maximum absolute atomic E-state index is 13.0. The Morgan fingerprint density at radius 3 is 2.62 bits per heavy atom. The van der Waals surface area contributed by atoms with Gasteiger partial charge >= 0.3 is 0 Å². The van der Waals surface area contributed by atoms with Crippen LogP contribution in [0.2, 0.25) is 0 Å². The lowest BCUT2D eigenvalue weighted by molar-refractivity contribution is 0.0996. The highest BCUT2D eigenvalue weighted by atomic mass is 32.1. The second-order valence-electron chi connectivity index (χ2n) is 8.99. The number of fused-ring (bicyclic) bond motifs is 1. The van der Waals surface area contributed by atoms with Crippen molar-refractivity contribution in [3.63, 3.8) is 0 Å². The Hall–Kier alpha value is -2.77. The normalized spacial score (nSPS) is 17.1. The number of likely N-dealkylation sites (tertiary alicyclic amines) is 1. The molecule has 1 fully saturated rings. The Morgan fingerprint density at radius 1 is 1.06 bits per heavy atom. The SMILES string of the molecule is COc1ccc(OC)c(C(c2c(NC(=O)c3ccco3)sc3c2CCCC3)N2CCCCC2)c1. The van der Waals surface area contributed by atoms with Crippen molar-refractivity contribution in [3.05, 3.63) is 63.9 Å². The molecule has 0 spiro atoms. The number of carbonyl (C=O) groups is 1. The number of thiophene rings is 1. The van der Waals surface area contributed by atoms with Gasteiger partial charge in [-0.15, -0.1) is 11.3 Å². The van der Waals surface area contributed by atoms with Crippen molar-refractivity contribution in [1.29, 1.82) is 0 Å². The van der Waals surface area contributed by atoms with Gasteiger partial charge in [0.05, 0.1) is 26.5 Å². The minimum atomic E-state index is -0.208. The summed E-state index contributed by atoms with van der Waals surface area (Å²) in [4.78, 5) is 17.0. The van der Waals surface area contributed by atoms with Gasteiger partial charge in [0.1, 0.15) is 16.5 Å². The molecular formula is C27H32N2O4S. The van der Waals surface area contributed by atoms with E-state index in [0.717, 1.165) is 48.0 Å². The van der Waals surface area contributed by atoms with Crippen LogP contribution in [0.5, 0.6) is 11.5 Å². The quantitative estimate of drug-likeness (QED) is 0.445. The van der Waals surface area contributed by atoms with E-state index in [9.17, 15) is 4.79 Å². The molecule has 1 atom stereocenters. The number of nitrogens with one attached hydrogen (secondary N) is 1. The monoisotopic (exact) mass is 480 g/mol. The number of furan rings is 1. The van der Waals surface area contributed by atoms with E-state index < -0.39 is 0 Å². The van der Waals surface area contributed by atoms with Gasteiger partial charge in [0.25, 0.3) is 5.91 Å². The molecule has 1 aliphatic heterocycles. The van der Waals surface area contributed by atoms with Gasteiger partial charge in [-0.2, -0.15) is 0 Å². The number of piperidine rings is 1. The Bertz CT molecular complexity index is 1130. The third kappa shape index (κ3) is 4.46. The Labute approximate surface area is 204 Å². The van der Waals surface area contributed by atoms with Crippen molar-refractivity contribution in [2.45, 2.75) is 51.0 Å². The van der Waals surface area contributed by atoms with Gasteiger partial charge in [-0.3, -0.25) is 9.69 Å². The van der Waals surface area contributed by atoms with Gasteiger partial charge in [-0.25, -0.2) is 0 Å². The third-order valence-corrected chi connectivity index (χ3v) is 8.17. The number of methoxy groups -OCH3 is 2. The molecule has 6 nitrogen and oxygen atoms in total. The Morgan fingerprint density at radius 2 is 1.88 bits per heavy atom. The van der Waals surface area contributed by atoms with Crippen molar-refractivity contribution in [3.8, 4) is 11.5 Å². The molecule has 1 saturated heterocycles. The van der Waals surface area contributed by atoms with Crippen LogP contribution in [0.4, 0.5) is 5.00 Å². The molecule has 0 bridgehead atoms. The lowest BCUT2D eigenvalue weighted by Gasteiger charge is -2.37. The topological polar surface area (TPSA) is 63.9 Å². The van der Waals surface area contributed by atoms with Crippen LogP contribution in [-0.4, -0.2) is 38.1 Å². The van der Waals surface area contributed by atoms with E-state index in [1.54, 1.807) is 37.7 Å². The third-order valence-electron chi connectivity index (χ3n) is 6.94. The van der Waals surface area contributed by atoms with Crippen LogP contribution >= 0.6 is 11.3 Å². The number of benzene rings is 1. The zero-order chi connectivity index (χ0) is 23.5. The molecule has 34 heavy (non-hydrogen) atoms. The minimum Gasteiger partial charge on any atom is -0.497 e. The first-order valence-corrected chi connectivity index (χ1v) is 13.0. The lowest BCUT2D eigenvalue weighted by Crippen LogP contribution is -2.35. The number of hydrogen-bond donors (Lipinski definition) is 1. The minimum absolute atomic E-state index is 0.0182. The first-order valence-electron chi connectivity index (χ1n) is 12.1. The second kappa shape index (κ2) is 10.2. The number of amides is 1. The predicted molar refractivity (Wildman–Crippen MR) is 134 cm³/mol. The van der Waals surface area contributed by atoms with Crippen LogP contribution in [0, 0.1) is 0 Å². The van der Waals surface area contributed by atoms with E-state index >= 15 is 0 Å². The molecule has 1 aromatic carbocycles. The van der Waals surface area contributed by atoms with E-state index in [1.165, 1.54) is 54.4 Å². The zero-order valence-corrected chi connectivity index (χ0v) is 20.7. The fourth-order valence-electron chi connectivity index (χ4n) is 5.31. The van der Waals surface area contributed by atoms with Crippen LogP contribution < -0.4 is 14.8 Å². The van der Waals surface area contributed by atoms with E-state index in [2.05, 4.69) is 16.3 Å². The van der Waals surface area contributed by atoms with Gasteiger partial charge in [-0.05, 0) is 87.5 Å². The molecule has 3 aromatic rings. The van der Waals surface area contributed by atoms with Gasteiger partial charge in [0, 0.05) is 16.0 Å². The number of nitrogens with zero attached hydrogens (tertiary/aromatic N) is 1. The average molecular weight is 481 g/mol. The molecule has 2 aliphatic rings. The van der Waals surface area contributed by atoms with E-state index in [0.29, 0.717) is 5.76 Å². The number of aryl methyl sites for hydroxylation is 1. The van der Waals surface area contributed by atoms with Crippen LogP contribution in [0.3, 0.4) is 0 Å². The van der Waals surface area contributed by atoms with Crippen molar-refractivity contribution in [1.82, 2.24) is 4.90 Å². The maximum atomic E-state index is 13.0. The summed E-state index contributed by atoms with van der Waals surface area (Å²) >= 11 is 1.73. The summed E-state index contributed by atoms with van der Waals surface area (Å²) in [5.41, 5.74) is 3.70. The van der Waals surface area contributed by atoms with E-state index in [1.807, 2.05) is 12.1 Å². The second-order valence-corrected chi connectivity index (χ2v) is 10.1. The van der Waals surface area contributed by atoms with Crippen LogP contribution in [-0.2, 0) is 12.8 Å². The standard InChI is InChI=1S/C27H32N2O4S/c1-31-18-12-13-21(32-2)20(17-18)25(29-14-6-3-7-15-29)24-19-9-4-5-11-23(19)34-27(24)28-26(30)22-10-8-16-33-22/h8,10,12-13,16-17,25H,3-7,9,11,14-15H2,1-2H3,(H,28,30). The fraction of sp³-hybridized carbons (Fsp3) is 0.444. The van der Waals surface area contributed by atoms with Crippen LogP contribution in [0.15, 0.2) is 41.0 Å². The summed E-state index contributed by atoms with van der Waals surface area (Å²) in [7, 11) is 3.42. The summed E-state index contributed by atoms with van der Waals surface area (Å²) in [6.07, 6.45) is 9.58. The molecule has 1 N–H and O–H groups in total. The van der Waals surface area contributed by atoms with Gasteiger partial charge in [0.2, 0.25) is 0 Å². The first kappa shape index (κ1) is 23.0. The van der Waals surface area contributed by atoms with Crippen LogP contribution in [0.1, 0.15) is 70.3 Å². The van der Waals surface area contributed by atoms with Gasteiger partial charge < -0.3 is 19.2 Å². The first-order chi connectivity index (χ1) is 16.7. The average Bonchev–Trinajstić information content (AvgIpc) is 3.54. The molecule has 1 unspecified atom stereocenters. The molecule has 7 heteroatoms. The molecule has 2 aromatic heterocycles. The number of ether oxygens (including phenoxy) is 2. The van der Waals surface area contributed by atoms with Crippen molar-refractivity contribution in [2.75, 3.05) is 32.6 Å². The smallest absolute Gasteiger partial charge is 0.291 e. The summed E-state index contributed by atoms with van der Waals surface area (Å²) in [5, 5.41) is 4.14. The highest BCUT2D eigenvalue weighted by Gasteiger charge is 2.34.